The Balaban J connectivity index is 1.94. The Morgan fingerprint density at radius 3 is 3.05 bits per heavy atom. The third kappa shape index (κ3) is 2.22. The number of anilines is 1. The first-order valence-corrected chi connectivity index (χ1v) is 7.88. The molecule has 0 spiro atoms. The SMILES string of the molecule is CN1Sc2cscc2C(O)=C1C(=O)Nc1nccs1. The molecule has 5 nitrogen and oxygen atoms in total. The van der Waals surface area contributed by atoms with E-state index < -0.39 is 0 Å². The molecule has 1 amide bonds. The van der Waals surface area contributed by atoms with E-state index in [0.717, 1.165) is 4.90 Å². The lowest BCUT2D eigenvalue weighted by Gasteiger charge is -2.25. The topological polar surface area (TPSA) is 65.5 Å². The van der Waals surface area contributed by atoms with Gasteiger partial charge in [-0.1, -0.05) is 0 Å². The highest BCUT2D eigenvalue weighted by Gasteiger charge is 2.29. The quantitative estimate of drug-likeness (QED) is 0.835. The second-order valence-electron chi connectivity index (χ2n) is 3.73. The molecule has 2 N–H and O–H groups in total. The summed E-state index contributed by atoms with van der Waals surface area (Å²) in [5.74, 6) is -0.356. The molecule has 1 aliphatic heterocycles. The second kappa shape index (κ2) is 4.87. The normalized spacial score (nSPS) is 14.5. The molecule has 1 aliphatic rings. The van der Waals surface area contributed by atoms with Crippen molar-refractivity contribution in [1.29, 1.82) is 0 Å². The van der Waals surface area contributed by atoms with E-state index in [4.69, 9.17) is 0 Å². The van der Waals surface area contributed by atoms with E-state index in [2.05, 4.69) is 10.3 Å². The van der Waals surface area contributed by atoms with Crippen LogP contribution in [0.5, 0.6) is 0 Å². The molecule has 0 unspecified atom stereocenters. The van der Waals surface area contributed by atoms with Crippen molar-refractivity contribution in [2.45, 2.75) is 4.90 Å². The van der Waals surface area contributed by atoms with Crippen molar-refractivity contribution in [2.24, 2.45) is 0 Å². The van der Waals surface area contributed by atoms with Gasteiger partial charge in [0.1, 0.15) is 0 Å². The number of aliphatic hydroxyl groups is 1. The Morgan fingerprint density at radius 1 is 1.47 bits per heavy atom. The number of amides is 1. The Bertz CT molecular complexity index is 648. The van der Waals surface area contributed by atoms with Crippen molar-refractivity contribution < 1.29 is 9.90 Å². The van der Waals surface area contributed by atoms with E-state index in [-0.39, 0.29) is 17.4 Å². The van der Waals surface area contributed by atoms with Crippen LogP contribution < -0.4 is 5.32 Å². The van der Waals surface area contributed by atoms with Gasteiger partial charge in [0.05, 0.1) is 4.90 Å². The molecule has 0 saturated carbocycles. The third-order valence-electron chi connectivity index (χ3n) is 2.52. The van der Waals surface area contributed by atoms with Crippen LogP contribution in [0.1, 0.15) is 5.56 Å². The third-order valence-corrected chi connectivity index (χ3v) is 5.10. The Hall–Kier alpha value is -1.51. The summed E-state index contributed by atoms with van der Waals surface area (Å²) in [6, 6.07) is 0. The van der Waals surface area contributed by atoms with Crippen LogP contribution in [0.2, 0.25) is 0 Å². The second-order valence-corrected chi connectivity index (χ2v) is 6.54. The number of nitrogens with zero attached hydrogens (tertiary/aromatic N) is 2. The number of fused-ring (bicyclic) bond motifs is 1. The number of hydrogen-bond acceptors (Lipinski definition) is 7. The van der Waals surface area contributed by atoms with Gasteiger partial charge in [-0.2, -0.15) is 11.3 Å². The van der Waals surface area contributed by atoms with Crippen molar-refractivity contribution in [3.8, 4) is 0 Å². The van der Waals surface area contributed by atoms with E-state index in [1.165, 1.54) is 34.6 Å². The lowest BCUT2D eigenvalue weighted by molar-refractivity contribution is -0.113. The van der Waals surface area contributed by atoms with Crippen molar-refractivity contribution in [3.63, 3.8) is 0 Å². The Labute approximate surface area is 121 Å². The zero-order valence-corrected chi connectivity index (χ0v) is 12.2. The van der Waals surface area contributed by atoms with Crippen molar-refractivity contribution in [3.05, 3.63) is 33.6 Å². The predicted octanol–water partition coefficient (Wildman–Crippen LogP) is 3.02. The molecule has 0 saturated heterocycles. The summed E-state index contributed by atoms with van der Waals surface area (Å²) in [5, 5.41) is 19.0. The van der Waals surface area contributed by atoms with Gasteiger partial charge in [0, 0.05) is 34.9 Å². The average molecular weight is 311 g/mol. The zero-order valence-electron chi connectivity index (χ0n) is 9.78. The number of thiophene rings is 1. The summed E-state index contributed by atoms with van der Waals surface area (Å²) >= 11 is 4.25. The van der Waals surface area contributed by atoms with E-state index in [9.17, 15) is 9.90 Å². The molecule has 0 aliphatic carbocycles. The van der Waals surface area contributed by atoms with Crippen LogP contribution in [0.4, 0.5) is 5.13 Å². The molecule has 0 bridgehead atoms. The zero-order chi connectivity index (χ0) is 13.4. The van der Waals surface area contributed by atoms with E-state index in [1.54, 1.807) is 22.9 Å². The van der Waals surface area contributed by atoms with Crippen LogP contribution >= 0.6 is 34.6 Å². The van der Waals surface area contributed by atoms with Gasteiger partial charge in [-0.05, 0) is 11.9 Å². The maximum atomic E-state index is 12.2. The first-order chi connectivity index (χ1) is 9.16. The first kappa shape index (κ1) is 12.5. The fraction of sp³-hybridized carbons (Fsp3) is 0.0909. The van der Waals surface area contributed by atoms with Gasteiger partial charge < -0.3 is 9.41 Å². The van der Waals surface area contributed by atoms with Crippen LogP contribution in [0.25, 0.3) is 5.76 Å². The minimum Gasteiger partial charge on any atom is -0.505 e. The average Bonchev–Trinajstić information content (AvgIpc) is 2.99. The molecule has 0 atom stereocenters. The van der Waals surface area contributed by atoms with Gasteiger partial charge in [0.25, 0.3) is 5.91 Å². The standard InChI is InChI=1S/C11H9N3O2S3/c1-14-8(10(16)13-11-12-2-3-18-11)9(15)6-4-17-5-7(6)19-14/h2-5,15H,1H3,(H,12,13,16). The van der Waals surface area contributed by atoms with Gasteiger partial charge in [0.15, 0.2) is 16.6 Å². The van der Waals surface area contributed by atoms with Crippen LogP contribution in [0.3, 0.4) is 0 Å². The highest BCUT2D eigenvalue weighted by Crippen LogP contribution is 2.40. The van der Waals surface area contributed by atoms with Gasteiger partial charge in [-0.15, -0.1) is 11.3 Å². The minimum atomic E-state index is -0.362. The largest absolute Gasteiger partial charge is 0.505 e. The van der Waals surface area contributed by atoms with Crippen LogP contribution in [-0.2, 0) is 4.79 Å². The van der Waals surface area contributed by atoms with Crippen molar-refractivity contribution in [1.82, 2.24) is 9.29 Å². The summed E-state index contributed by atoms with van der Waals surface area (Å²) in [7, 11) is 1.75. The fourth-order valence-electron chi connectivity index (χ4n) is 1.69. The fourth-order valence-corrected chi connectivity index (χ4v) is 4.13. The summed E-state index contributed by atoms with van der Waals surface area (Å²) in [6.07, 6.45) is 1.62. The molecule has 2 aromatic rings. The van der Waals surface area contributed by atoms with Crippen LogP contribution in [0.15, 0.2) is 32.9 Å². The van der Waals surface area contributed by atoms with Crippen molar-refractivity contribution in [2.75, 3.05) is 12.4 Å². The smallest absolute Gasteiger partial charge is 0.278 e. The maximum absolute atomic E-state index is 12.2. The molecule has 3 rings (SSSR count). The molecule has 19 heavy (non-hydrogen) atoms. The van der Waals surface area contributed by atoms with Crippen LogP contribution in [0, 0.1) is 0 Å². The van der Waals surface area contributed by atoms with Crippen molar-refractivity contribution >= 4 is 51.4 Å². The number of aromatic nitrogens is 1. The molecule has 0 aromatic carbocycles. The van der Waals surface area contributed by atoms with Gasteiger partial charge >= 0.3 is 0 Å². The summed E-state index contributed by atoms with van der Waals surface area (Å²) in [5.41, 5.74) is 0.948. The van der Waals surface area contributed by atoms with E-state index in [0.29, 0.717) is 10.7 Å². The molecule has 8 heteroatoms. The van der Waals surface area contributed by atoms with Gasteiger partial charge in [0.2, 0.25) is 0 Å². The Morgan fingerprint density at radius 2 is 2.32 bits per heavy atom. The minimum absolute atomic E-state index is 0.00607. The Kier molecular flexibility index (Phi) is 3.21. The molecule has 0 fully saturated rings. The van der Waals surface area contributed by atoms with E-state index in [1.807, 2.05) is 10.8 Å². The predicted molar refractivity (Wildman–Crippen MR) is 78.2 cm³/mol. The number of hydrogen-bond donors (Lipinski definition) is 2. The number of carbonyl (C=O) groups is 1. The molecule has 98 valence electrons. The summed E-state index contributed by atoms with van der Waals surface area (Å²) in [6.45, 7) is 0. The number of nitrogens with one attached hydrogen (secondary N) is 1. The number of rotatable bonds is 2. The van der Waals surface area contributed by atoms with Gasteiger partial charge in [-0.25, -0.2) is 4.98 Å². The highest BCUT2D eigenvalue weighted by molar-refractivity contribution is 7.97. The van der Waals surface area contributed by atoms with Gasteiger partial charge in [-0.3, -0.25) is 10.1 Å². The number of thiazole rings is 1. The van der Waals surface area contributed by atoms with Crippen LogP contribution in [-0.4, -0.2) is 27.4 Å². The highest BCUT2D eigenvalue weighted by atomic mass is 32.2. The summed E-state index contributed by atoms with van der Waals surface area (Å²) < 4.78 is 1.66. The lowest BCUT2D eigenvalue weighted by Crippen LogP contribution is -2.27. The summed E-state index contributed by atoms with van der Waals surface area (Å²) in [4.78, 5) is 17.2. The molecular formula is C11H9N3O2S3. The first-order valence-electron chi connectivity index (χ1n) is 5.29. The lowest BCUT2D eigenvalue weighted by atomic mass is 10.2. The number of likely N-dealkylation sites (N-methyl/N-ethyl adjacent to an activating group) is 1. The molecule has 2 aromatic heterocycles. The number of aliphatic hydroxyl groups excluding tert-OH is 1. The molecular weight excluding hydrogens is 302 g/mol. The monoisotopic (exact) mass is 311 g/mol. The maximum Gasteiger partial charge on any atom is 0.278 e. The van der Waals surface area contributed by atoms with E-state index >= 15 is 0 Å². The number of carbonyl (C=O) groups excluding carboxylic acids is 1. The molecule has 3 heterocycles. The molecule has 0 radical (unpaired) electrons.